The zero-order chi connectivity index (χ0) is 18.3. The molecule has 3 aromatic rings. The molecule has 7 nitrogen and oxygen atoms in total. The molecule has 0 saturated carbocycles. The van der Waals surface area contributed by atoms with E-state index in [-0.39, 0.29) is 5.91 Å². The Morgan fingerprint density at radius 1 is 1.27 bits per heavy atom. The molecule has 1 N–H and O–H groups in total. The first-order valence-corrected chi connectivity index (χ1v) is 8.53. The van der Waals surface area contributed by atoms with Crippen LogP contribution in [0.4, 0.5) is 15.9 Å². The second-order valence-corrected chi connectivity index (χ2v) is 6.41. The minimum absolute atomic E-state index is 0.158. The SMILES string of the molecule is Cc1nc(NC2CCCN(c3ccccc3F)C2=O)c2cnn(C)c2n1. The number of nitrogens with zero attached hydrogens (tertiary/aromatic N) is 5. The highest BCUT2D eigenvalue weighted by molar-refractivity contribution is 6.00. The average molecular weight is 354 g/mol. The molecule has 1 aliphatic rings. The highest BCUT2D eigenvalue weighted by Gasteiger charge is 2.31. The number of rotatable bonds is 3. The maximum Gasteiger partial charge on any atom is 0.249 e. The normalized spacial score (nSPS) is 17.7. The van der Waals surface area contributed by atoms with Gasteiger partial charge < -0.3 is 10.2 Å². The molecule has 4 rings (SSSR count). The van der Waals surface area contributed by atoms with E-state index in [1.807, 2.05) is 7.05 Å². The maximum absolute atomic E-state index is 14.1. The number of hydrogen-bond donors (Lipinski definition) is 1. The summed E-state index contributed by atoms with van der Waals surface area (Å²) in [6.45, 7) is 2.30. The molecule has 0 bridgehead atoms. The molecule has 1 unspecified atom stereocenters. The Bertz CT molecular complexity index is 985. The van der Waals surface area contributed by atoms with Crippen molar-refractivity contribution in [2.24, 2.45) is 7.05 Å². The van der Waals surface area contributed by atoms with E-state index in [9.17, 15) is 9.18 Å². The number of aromatic nitrogens is 4. The number of piperidine rings is 1. The van der Waals surface area contributed by atoms with Gasteiger partial charge in [0.05, 0.1) is 17.3 Å². The van der Waals surface area contributed by atoms with Crippen LogP contribution in [-0.2, 0) is 11.8 Å². The number of carbonyl (C=O) groups excluding carboxylic acids is 1. The molecule has 26 heavy (non-hydrogen) atoms. The lowest BCUT2D eigenvalue weighted by Gasteiger charge is -2.33. The van der Waals surface area contributed by atoms with Gasteiger partial charge in [-0.15, -0.1) is 0 Å². The molecule has 134 valence electrons. The average Bonchev–Trinajstić information content (AvgIpc) is 2.99. The molecule has 1 aliphatic heterocycles. The van der Waals surface area contributed by atoms with Gasteiger partial charge in [-0.05, 0) is 31.9 Å². The highest BCUT2D eigenvalue weighted by Crippen LogP contribution is 2.27. The first-order valence-electron chi connectivity index (χ1n) is 8.53. The van der Waals surface area contributed by atoms with Gasteiger partial charge in [-0.25, -0.2) is 14.4 Å². The molecule has 8 heteroatoms. The topological polar surface area (TPSA) is 75.9 Å². The second-order valence-electron chi connectivity index (χ2n) is 6.41. The Labute approximate surface area is 149 Å². The summed E-state index contributed by atoms with van der Waals surface area (Å²) < 4.78 is 15.8. The van der Waals surface area contributed by atoms with Crippen LogP contribution in [0.3, 0.4) is 0 Å². The van der Waals surface area contributed by atoms with Crippen molar-refractivity contribution in [3.8, 4) is 0 Å². The van der Waals surface area contributed by atoms with Crippen molar-refractivity contribution >= 4 is 28.4 Å². The third kappa shape index (κ3) is 2.77. The summed E-state index contributed by atoms with van der Waals surface area (Å²) in [6, 6.07) is 5.87. The molecule has 1 aromatic carbocycles. The fourth-order valence-electron chi connectivity index (χ4n) is 3.33. The van der Waals surface area contributed by atoms with Gasteiger partial charge in [0.15, 0.2) is 5.65 Å². The summed E-state index contributed by atoms with van der Waals surface area (Å²) in [5.74, 6) is 0.621. The van der Waals surface area contributed by atoms with Crippen molar-refractivity contribution in [1.82, 2.24) is 19.7 Å². The summed E-state index contributed by atoms with van der Waals surface area (Å²) in [6.07, 6.45) is 3.12. The molecular formula is C18H19FN6O. The van der Waals surface area contributed by atoms with Crippen molar-refractivity contribution in [2.45, 2.75) is 25.8 Å². The predicted octanol–water partition coefficient (Wildman–Crippen LogP) is 2.42. The molecule has 0 spiro atoms. The summed E-state index contributed by atoms with van der Waals surface area (Å²) in [5.41, 5.74) is 1.02. The Hall–Kier alpha value is -3.03. The number of halogens is 1. The monoisotopic (exact) mass is 354 g/mol. The largest absolute Gasteiger partial charge is 0.358 e. The number of hydrogen-bond acceptors (Lipinski definition) is 5. The van der Waals surface area contributed by atoms with Gasteiger partial charge in [0, 0.05) is 13.6 Å². The van der Waals surface area contributed by atoms with Crippen molar-refractivity contribution < 1.29 is 9.18 Å². The first-order chi connectivity index (χ1) is 12.5. The van der Waals surface area contributed by atoms with Crippen LogP contribution in [0.2, 0.25) is 0 Å². The fourth-order valence-corrected chi connectivity index (χ4v) is 3.33. The number of amides is 1. The molecule has 0 aliphatic carbocycles. The number of anilines is 2. The van der Waals surface area contributed by atoms with Crippen molar-refractivity contribution in [3.63, 3.8) is 0 Å². The van der Waals surface area contributed by atoms with E-state index in [1.54, 1.807) is 36.0 Å². The molecule has 0 radical (unpaired) electrons. The minimum Gasteiger partial charge on any atom is -0.358 e. The number of aryl methyl sites for hydroxylation is 2. The third-order valence-electron chi connectivity index (χ3n) is 4.60. The van der Waals surface area contributed by atoms with Gasteiger partial charge in [0.25, 0.3) is 0 Å². The number of carbonyl (C=O) groups is 1. The third-order valence-corrected chi connectivity index (χ3v) is 4.60. The molecule has 3 heterocycles. The molecule has 1 amide bonds. The second kappa shape index (κ2) is 6.36. The molecular weight excluding hydrogens is 335 g/mol. The smallest absolute Gasteiger partial charge is 0.249 e. The molecule has 1 atom stereocenters. The van der Waals surface area contributed by atoms with Crippen molar-refractivity contribution in [3.05, 3.63) is 42.1 Å². The molecule has 1 fully saturated rings. The minimum atomic E-state index is -0.471. The van der Waals surface area contributed by atoms with Crippen LogP contribution in [0.25, 0.3) is 11.0 Å². The van der Waals surface area contributed by atoms with Crippen LogP contribution in [0, 0.1) is 12.7 Å². The lowest BCUT2D eigenvalue weighted by molar-refractivity contribution is -0.120. The Morgan fingerprint density at radius 2 is 2.08 bits per heavy atom. The van der Waals surface area contributed by atoms with Crippen molar-refractivity contribution in [1.29, 1.82) is 0 Å². The zero-order valence-electron chi connectivity index (χ0n) is 14.6. The van der Waals surface area contributed by atoms with Gasteiger partial charge in [0.1, 0.15) is 23.5 Å². The number of para-hydroxylation sites is 1. The summed E-state index contributed by atoms with van der Waals surface area (Å²) in [4.78, 5) is 23.3. The Morgan fingerprint density at radius 3 is 2.88 bits per heavy atom. The Balaban J connectivity index is 1.65. The zero-order valence-corrected chi connectivity index (χ0v) is 14.6. The lowest BCUT2D eigenvalue weighted by Crippen LogP contribution is -2.48. The van der Waals surface area contributed by atoms with Crippen molar-refractivity contribution in [2.75, 3.05) is 16.8 Å². The van der Waals surface area contributed by atoms with E-state index >= 15 is 0 Å². The fraction of sp³-hybridized carbons (Fsp3) is 0.333. The van der Waals surface area contributed by atoms with E-state index in [0.29, 0.717) is 35.9 Å². The number of fused-ring (bicyclic) bond motifs is 1. The van der Waals surface area contributed by atoms with Crippen LogP contribution < -0.4 is 10.2 Å². The van der Waals surface area contributed by atoms with Crippen LogP contribution in [0.15, 0.2) is 30.5 Å². The van der Waals surface area contributed by atoms with E-state index in [0.717, 1.165) is 11.8 Å². The van der Waals surface area contributed by atoms with E-state index in [1.165, 1.54) is 11.0 Å². The van der Waals surface area contributed by atoms with E-state index in [2.05, 4.69) is 20.4 Å². The maximum atomic E-state index is 14.1. The number of benzene rings is 1. The van der Waals surface area contributed by atoms with Gasteiger partial charge in [-0.3, -0.25) is 9.48 Å². The standard InChI is InChI=1S/C18H19FN6O/c1-11-21-16(12-10-20-24(2)17(12)22-11)23-14-7-5-9-25(18(14)26)15-8-4-3-6-13(15)19/h3-4,6,8,10,14H,5,7,9H2,1-2H3,(H,21,22,23). The van der Waals surface area contributed by atoms with E-state index < -0.39 is 11.9 Å². The van der Waals surface area contributed by atoms with Crippen LogP contribution in [0.1, 0.15) is 18.7 Å². The van der Waals surface area contributed by atoms with Gasteiger partial charge in [0.2, 0.25) is 5.91 Å². The van der Waals surface area contributed by atoms with Gasteiger partial charge in [-0.1, -0.05) is 12.1 Å². The summed E-state index contributed by atoms with van der Waals surface area (Å²) >= 11 is 0. The highest BCUT2D eigenvalue weighted by atomic mass is 19.1. The molecule has 1 saturated heterocycles. The van der Waals surface area contributed by atoms with Crippen LogP contribution in [0.5, 0.6) is 0 Å². The first kappa shape index (κ1) is 16.4. The van der Waals surface area contributed by atoms with Crippen LogP contribution in [-0.4, -0.2) is 38.2 Å². The molecule has 2 aromatic heterocycles. The van der Waals surface area contributed by atoms with Crippen LogP contribution >= 0.6 is 0 Å². The Kier molecular flexibility index (Phi) is 4.02. The quantitative estimate of drug-likeness (QED) is 0.782. The number of nitrogens with one attached hydrogen (secondary N) is 1. The summed E-state index contributed by atoms with van der Waals surface area (Å²) in [7, 11) is 1.81. The van der Waals surface area contributed by atoms with E-state index in [4.69, 9.17) is 0 Å². The lowest BCUT2D eigenvalue weighted by atomic mass is 10.0. The summed E-state index contributed by atoms with van der Waals surface area (Å²) in [5, 5.41) is 8.20. The predicted molar refractivity (Wildman–Crippen MR) is 96.4 cm³/mol. The van der Waals surface area contributed by atoms with Gasteiger partial charge >= 0.3 is 0 Å². The van der Waals surface area contributed by atoms with Gasteiger partial charge in [-0.2, -0.15) is 5.10 Å².